The summed E-state index contributed by atoms with van der Waals surface area (Å²) in [5.74, 6) is -1.04. The first kappa shape index (κ1) is 15.0. The normalized spacial score (nSPS) is 10.8. The van der Waals surface area contributed by atoms with E-state index in [9.17, 15) is 9.18 Å². The summed E-state index contributed by atoms with van der Waals surface area (Å²) in [6, 6.07) is 4.16. The van der Waals surface area contributed by atoms with E-state index >= 15 is 0 Å². The summed E-state index contributed by atoms with van der Waals surface area (Å²) in [6.45, 7) is 4.24. The van der Waals surface area contributed by atoms with E-state index in [1.807, 2.05) is 6.92 Å². The zero-order chi connectivity index (χ0) is 14.9. The van der Waals surface area contributed by atoms with Gasteiger partial charge in [-0.15, -0.1) is 0 Å². The summed E-state index contributed by atoms with van der Waals surface area (Å²) in [5.41, 5.74) is 1.12. The Hall–Kier alpha value is -1.39. The summed E-state index contributed by atoms with van der Waals surface area (Å²) >= 11 is 12.0. The van der Waals surface area contributed by atoms with Gasteiger partial charge in [-0.25, -0.2) is 4.39 Å². The van der Waals surface area contributed by atoms with E-state index < -0.39 is 11.6 Å². The number of nitrogens with zero attached hydrogens (tertiary/aromatic N) is 2. The van der Waals surface area contributed by atoms with Gasteiger partial charge in [-0.2, -0.15) is 5.10 Å². The third-order valence-corrected chi connectivity index (χ3v) is 3.83. The third-order valence-electron chi connectivity index (χ3n) is 3.02. The summed E-state index contributed by atoms with van der Waals surface area (Å²) in [4.78, 5) is 12.3. The topological polar surface area (TPSA) is 34.9 Å². The average molecular weight is 315 g/mol. The molecule has 0 radical (unpaired) electrons. The maximum absolute atomic E-state index is 13.7. The molecule has 0 aliphatic rings. The van der Waals surface area contributed by atoms with Crippen LogP contribution in [0.2, 0.25) is 10.0 Å². The molecule has 1 aromatic heterocycles. The predicted molar refractivity (Wildman–Crippen MR) is 77.1 cm³/mol. The van der Waals surface area contributed by atoms with Crippen molar-refractivity contribution in [1.82, 2.24) is 9.78 Å². The van der Waals surface area contributed by atoms with Gasteiger partial charge in [0.2, 0.25) is 0 Å². The van der Waals surface area contributed by atoms with Crippen LogP contribution in [0.4, 0.5) is 4.39 Å². The summed E-state index contributed by atoms with van der Waals surface area (Å²) in [6.07, 6.45) is -0.0336. The Kier molecular flexibility index (Phi) is 4.45. The second kappa shape index (κ2) is 5.94. The molecular weight excluding hydrogens is 302 g/mol. The number of hydrogen-bond acceptors (Lipinski definition) is 2. The van der Waals surface area contributed by atoms with Crippen LogP contribution in [0, 0.1) is 12.7 Å². The molecule has 1 aromatic carbocycles. The van der Waals surface area contributed by atoms with Gasteiger partial charge in [-0.3, -0.25) is 9.48 Å². The number of carbonyl (C=O) groups is 1. The molecule has 0 amide bonds. The molecule has 20 heavy (non-hydrogen) atoms. The Morgan fingerprint density at radius 2 is 2.10 bits per heavy atom. The lowest BCUT2D eigenvalue weighted by Crippen LogP contribution is -2.12. The Labute approximate surface area is 126 Å². The molecule has 0 bridgehead atoms. The Balaban J connectivity index is 2.38. The van der Waals surface area contributed by atoms with Crippen molar-refractivity contribution in [2.45, 2.75) is 26.8 Å². The molecule has 0 fully saturated rings. The Bertz CT molecular complexity index is 647. The van der Waals surface area contributed by atoms with Crippen LogP contribution in [0.15, 0.2) is 18.2 Å². The number of hydrogen-bond donors (Lipinski definition) is 0. The first-order valence-corrected chi connectivity index (χ1v) is 6.90. The van der Waals surface area contributed by atoms with Gasteiger partial charge in [-0.1, -0.05) is 29.3 Å². The molecule has 2 rings (SSSR count). The van der Waals surface area contributed by atoms with Crippen LogP contribution in [0.1, 0.15) is 28.7 Å². The van der Waals surface area contributed by atoms with Crippen molar-refractivity contribution in [3.63, 3.8) is 0 Å². The van der Waals surface area contributed by atoms with Gasteiger partial charge in [0.15, 0.2) is 5.78 Å². The second-order valence-electron chi connectivity index (χ2n) is 4.36. The lowest BCUT2D eigenvalue weighted by atomic mass is 10.1. The molecule has 106 valence electrons. The second-order valence-corrected chi connectivity index (χ2v) is 5.14. The van der Waals surface area contributed by atoms with E-state index in [1.165, 1.54) is 18.2 Å². The molecule has 0 spiro atoms. The van der Waals surface area contributed by atoms with Gasteiger partial charge < -0.3 is 0 Å². The molecule has 3 nitrogen and oxygen atoms in total. The fraction of sp³-hybridized carbons (Fsp3) is 0.286. The van der Waals surface area contributed by atoms with E-state index in [0.29, 0.717) is 23.0 Å². The van der Waals surface area contributed by atoms with Crippen LogP contribution < -0.4 is 0 Å². The van der Waals surface area contributed by atoms with Crippen molar-refractivity contribution in [2.24, 2.45) is 0 Å². The highest BCUT2D eigenvalue weighted by molar-refractivity contribution is 6.34. The SMILES string of the molecule is CCn1nc(C)c(Cl)c1CC(=O)c1c(F)cccc1Cl. The molecule has 0 aliphatic carbocycles. The van der Waals surface area contributed by atoms with Crippen LogP contribution >= 0.6 is 23.2 Å². The summed E-state index contributed by atoms with van der Waals surface area (Å²) < 4.78 is 15.4. The van der Waals surface area contributed by atoms with Crippen molar-refractivity contribution in [3.05, 3.63) is 51.0 Å². The largest absolute Gasteiger partial charge is 0.294 e. The first-order chi connectivity index (χ1) is 9.45. The zero-order valence-corrected chi connectivity index (χ0v) is 12.6. The highest BCUT2D eigenvalue weighted by Crippen LogP contribution is 2.25. The van der Waals surface area contributed by atoms with E-state index in [2.05, 4.69) is 5.10 Å². The predicted octanol–water partition coefficient (Wildman–Crippen LogP) is 4.08. The highest BCUT2D eigenvalue weighted by Gasteiger charge is 2.21. The summed E-state index contributed by atoms with van der Waals surface area (Å²) in [7, 11) is 0. The maximum Gasteiger partial charge on any atom is 0.173 e. The first-order valence-electron chi connectivity index (χ1n) is 6.14. The van der Waals surface area contributed by atoms with Crippen molar-refractivity contribution in [2.75, 3.05) is 0 Å². The van der Waals surface area contributed by atoms with Crippen molar-refractivity contribution in [1.29, 1.82) is 0 Å². The number of benzene rings is 1. The minimum absolute atomic E-state index is 0.0336. The van der Waals surface area contributed by atoms with Gasteiger partial charge in [0.1, 0.15) is 5.82 Å². The lowest BCUT2D eigenvalue weighted by Gasteiger charge is -2.07. The molecule has 0 atom stereocenters. The number of rotatable bonds is 4. The van der Waals surface area contributed by atoms with Crippen LogP contribution in [-0.2, 0) is 13.0 Å². The Morgan fingerprint density at radius 1 is 1.40 bits per heavy atom. The van der Waals surface area contributed by atoms with Crippen LogP contribution in [0.25, 0.3) is 0 Å². The Morgan fingerprint density at radius 3 is 2.70 bits per heavy atom. The van der Waals surface area contributed by atoms with E-state index in [-0.39, 0.29) is 17.0 Å². The molecule has 0 aliphatic heterocycles. The number of aromatic nitrogens is 2. The number of carbonyl (C=O) groups excluding carboxylic acids is 1. The third kappa shape index (κ3) is 2.72. The molecule has 6 heteroatoms. The van der Waals surface area contributed by atoms with E-state index in [4.69, 9.17) is 23.2 Å². The van der Waals surface area contributed by atoms with Crippen molar-refractivity contribution >= 4 is 29.0 Å². The standard InChI is InChI=1S/C14H13Cl2FN2O/c1-3-19-11(14(16)8(2)18-19)7-12(20)13-9(15)5-4-6-10(13)17/h4-6H,3,7H2,1-2H3. The highest BCUT2D eigenvalue weighted by atomic mass is 35.5. The maximum atomic E-state index is 13.7. The number of ketones is 1. The monoisotopic (exact) mass is 314 g/mol. The van der Waals surface area contributed by atoms with Crippen molar-refractivity contribution in [3.8, 4) is 0 Å². The number of Topliss-reactive ketones (excluding diaryl/α,β-unsaturated/α-hetero) is 1. The molecule has 1 heterocycles. The average Bonchev–Trinajstić information content (AvgIpc) is 2.66. The minimum atomic E-state index is -0.627. The van der Waals surface area contributed by atoms with Gasteiger partial charge in [-0.05, 0) is 26.0 Å². The van der Waals surface area contributed by atoms with E-state index in [1.54, 1.807) is 11.6 Å². The van der Waals surface area contributed by atoms with Gasteiger partial charge >= 0.3 is 0 Å². The molecule has 0 saturated heterocycles. The van der Waals surface area contributed by atoms with Crippen LogP contribution in [0.3, 0.4) is 0 Å². The molecule has 0 unspecified atom stereocenters. The fourth-order valence-corrected chi connectivity index (χ4v) is 2.51. The molecule has 2 aromatic rings. The minimum Gasteiger partial charge on any atom is -0.294 e. The molecular formula is C14H13Cl2FN2O. The smallest absolute Gasteiger partial charge is 0.173 e. The lowest BCUT2D eigenvalue weighted by molar-refractivity contribution is 0.0987. The van der Waals surface area contributed by atoms with Gasteiger partial charge in [0, 0.05) is 6.54 Å². The quantitative estimate of drug-likeness (QED) is 0.797. The zero-order valence-electron chi connectivity index (χ0n) is 11.1. The van der Waals surface area contributed by atoms with Crippen molar-refractivity contribution < 1.29 is 9.18 Å². The van der Waals surface area contributed by atoms with Gasteiger partial charge in [0.05, 0.1) is 33.4 Å². The number of aryl methyl sites for hydroxylation is 2. The fourth-order valence-electron chi connectivity index (χ4n) is 2.04. The van der Waals surface area contributed by atoms with E-state index in [0.717, 1.165) is 0 Å². The number of halogens is 3. The molecule has 0 saturated carbocycles. The molecule has 0 N–H and O–H groups in total. The summed E-state index contributed by atoms with van der Waals surface area (Å²) in [5, 5.41) is 4.77. The van der Waals surface area contributed by atoms with Gasteiger partial charge in [0.25, 0.3) is 0 Å². The van der Waals surface area contributed by atoms with Crippen LogP contribution in [0.5, 0.6) is 0 Å². The van der Waals surface area contributed by atoms with Crippen LogP contribution in [-0.4, -0.2) is 15.6 Å².